The molecule has 0 radical (unpaired) electrons. The van der Waals surface area contributed by atoms with E-state index in [0.29, 0.717) is 5.56 Å². The van der Waals surface area contributed by atoms with Gasteiger partial charge in [0.15, 0.2) is 0 Å². The highest BCUT2D eigenvalue weighted by Gasteiger charge is 2.08. The molecule has 0 aliphatic heterocycles. The molecule has 20 heavy (non-hydrogen) atoms. The summed E-state index contributed by atoms with van der Waals surface area (Å²) in [6.45, 7) is 0. The smallest absolute Gasteiger partial charge is 0.109 e. The number of hydrogen-bond acceptors (Lipinski definition) is 3. The zero-order chi connectivity index (χ0) is 13.9. The first-order valence-electron chi connectivity index (χ1n) is 6.53. The molecule has 0 spiro atoms. The average Bonchev–Trinajstić information content (AvgIpc) is 2.82. The summed E-state index contributed by atoms with van der Waals surface area (Å²) < 4.78 is 2.08. The molecule has 2 heterocycles. The second-order valence-electron chi connectivity index (χ2n) is 4.72. The lowest BCUT2D eigenvalue weighted by Gasteiger charge is -2.02. The van der Waals surface area contributed by atoms with Gasteiger partial charge in [0.05, 0.1) is 22.7 Å². The Morgan fingerprint density at radius 3 is 2.85 bits per heavy atom. The Bertz CT molecular complexity index is 781. The summed E-state index contributed by atoms with van der Waals surface area (Å²) in [5, 5.41) is 8.93. The van der Waals surface area contributed by atoms with Gasteiger partial charge >= 0.3 is 0 Å². The zero-order valence-electron chi connectivity index (χ0n) is 11.2. The van der Waals surface area contributed by atoms with Gasteiger partial charge < -0.3 is 4.57 Å². The minimum absolute atomic E-state index is 0.645. The number of aryl methyl sites for hydroxylation is 3. The van der Waals surface area contributed by atoms with Crippen LogP contribution in [0.5, 0.6) is 0 Å². The number of imidazole rings is 1. The highest BCUT2D eigenvalue weighted by Crippen LogP contribution is 2.17. The molecule has 0 amide bonds. The lowest BCUT2D eigenvalue weighted by atomic mass is 10.2. The highest BCUT2D eigenvalue weighted by atomic mass is 15.1. The summed E-state index contributed by atoms with van der Waals surface area (Å²) >= 11 is 0. The van der Waals surface area contributed by atoms with Gasteiger partial charge in [-0.2, -0.15) is 5.26 Å². The van der Waals surface area contributed by atoms with Gasteiger partial charge in [-0.25, -0.2) is 4.98 Å². The van der Waals surface area contributed by atoms with Crippen LogP contribution in [0.1, 0.15) is 17.1 Å². The molecule has 0 aliphatic carbocycles. The Kier molecular flexibility index (Phi) is 3.18. The molecular formula is C16H14N4. The molecule has 4 nitrogen and oxygen atoms in total. The van der Waals surface area contributed by atoms with Gasteiger partial charge in [-0.1, -0.05) is 6.07 Å². The molecule has 0 atom stereocenters. The standard InChI is InChI=1S/C16H14N4/c1-20-15-7-5-12(11-17)10-14(15)19-16(20)8-6-13-4-2-3-9-18-13/h2-5,7,9-10H,6,8H2,1H3. The summed E-state index contributed by atoms with van der Waals surface area (Å²) in [5.41, 5.74) is 3.65. The molecule has 2 aromatic heterocycles. The minimum Gasteiger partial charge on any atom is -0.331 e. The largest absolute Gasteiger partial charge is 0.331 e. The van der Waals surface area contributed by atoms with Crippen LogP contribution in [-0.2, 0) is 19.9 Å². The fourth-order valence-corrected chi connectivity index (χ4v) is 2.33. The first-order valence-corrected chi connectivity index (χ1v) is 6.53. The normalized spacial score (nSPS) is 10.6. The molecule has 0 saturated heterocycles. The molecule has 98 valence electrons. The third-order valence-corrected chi connectivity index (χ3v) is 3.43. The number of pyridine rings is 1. The van der Waals surface area contributed by atoms with Gasteiger partial charge in [0.1, 0.15) is 5.82 Å². The zero-order valence-corrected chi connectivity index (χ0v) is 11.2. The number of aromatic nitrogens is 3. The van der Waals surface area contributed by atoms with E-state index in [4.69, 9.17) is 5.26 Å². The van der Waals surface area contributed by atoms with Crippen LogP contribution in [0.15, 0.2) is 42.6 Å². The highest BCUT2D eigenvalue weighted by molar-refractivity contribution is 5.77. The van der Waals surface area contributed by atoms with Crippen molar-refractivity contribution >= 4 is 11.0 Å². The van der Waals surface area contributed by atoms with Crippen LogP contribution in [0.3, 0.4) is 0 Å². The van der Waals surface area contributed by atoms with Gasteiger partial charge in [-0.15, -0.1) is 0 Å². The van der Waals surface area contributed by atoms with Crippen molar-refractivity contribution in [1.29, 1.82) is 5.26 Å². The Labute approximate surface area is 117 Å². The molecule has 3 rings (SSSR count). The van der Waals surface area contributed by atoms with Crippen molar-refractivity contribution in [3.05, 3.63) is 59.7 Å². The van der Waals surface area contributed by atoms with Crippen molar-refractivity contribution < 1.29 is 0 Å². The van der Waals surface area contributed by atoms with Crippen molar-refractivity contribution in [2.45, 2.75) is 12.8 Å². The third kappa shape index (κ3) is 2.26. The molecule has 0 fully saturated rings. The van der Waals surface area contributed by atoms with Crippen molar-refractivity contribution in [2.24, 2.45) is 7.05 Å². The number of nitrogens with zero attached hydrogens (tertiary/aromatic N) is 4. The Hall–Kier alpha value is -2.67. The maximum Gasteiger partial charge on any atom is 0.109 e. The maximum atomic E-state index is 8.93. The SMILES string of the molecule is Cn1c(CCc2ccccn2)nc2cc(C#N)ccc21. The van der Waals surface area contributed by atoms with E-state index in [1.807, 2.05) is 49.6 Å². The van der Waals surface area contributed by atoms with Crippen molar-refractivity contribution in [3.63, 3.8) is 0 Å². The molecule has 0 N–H and O–H groups in total. The Balaban J connectivity index is 1.89. The molecule has 0 saturated carbocycles. The molecular weight excluding hydrogens is 248 g/mol. The fraction of sp³-hybridized carbons (Fsp3) is 0.188. The van der Waals surface area contributed by atoms with Crippen LogP contribution in [-0.4, -0.2) is 14.5 Å². The van der Waals surface area contributed by atoms with Crippen molar-refractivity contribution in [3.8, 4) is 6.07 Å². The minimum atomic E-state index is 0.645. The lowest BCUT2D eigenvalue weighted by Crippen LogP contribution is -2.01. The molecule has 4 heteroatoms. The first kappa shape index (κ1) is 12.4. The average molecular weight is 262 g/mol. The van der Waals surface area contributed by atoms with E-state index >= 15 is 0 Å². The number of hydrogen-bond donors (Lipinski definition) is 0. The van der Waals surface area contributed by atoms with E-state index in [1.54, 1.807) is 0 Å². The topological polar surface area (TPSA) is 54.5 Å². The summed E-state index contributed by atoms with van der Waals surface area (Å²) in [6, 6.07) is 13.7. The van der Waals surface area contributed by atoms with Crippen molar-refractivity contribution in [1.82, 2.24) is 14.5 Å². The monoisotopic (exact) mass is 262 g/mol. The third-order valence-electron chi connectivity index (χ3n) is 3.43. The summed E-state index contributed by atoms with van der Waals surface area (Å²) in [4.78, 5) is 8.94. The van der Waals surface area contributed by atoms with Crippen LogP contribution >= 0.6 is 0 Å². The molecule has 3 aromatic rings. The second-order valence-corrected chi connectivity index (χ2v) is 4.72. The van der Waals surface area contributed by atoms with Gasteiger partial charge in [0.2, 0.25) is 0 Å². The second kappa shape index (κ2) is 5.14. The van der Waals surface area contributed by atoms with Crippen LogP contribution < -0.4 is 0 Å². The Morgan fingerprint density at radius 2 is 2.10 bits per heavy atom. The van der Waals surface area contributed by atoms with E-state index in [0.717, 1.165) is 35.4 Å². The lowest BCUT2D eigenvalue weighted by molar-refractivity contribution is 0.776. The molecule has 1 aromatic carbocycles. The van der Waals surface area contributed by atoms with Crippen LogP contribution in [0.4, 0.5) is 0 Å². The van der Waals surface area contributed by atoms with Crippen LogP contribution in [0.25, 0.3) is 11.0 Å². The van der Waals surface area contributed by atoms with Crippen molar-refractivity contribution in [2.75, 3.05) is 0 Å². The van der Waals surface area contributed by atoms with Gasteiger partial charge in [0.25, 0.3) is 0 Å². The van der Waals surface area contributed by atoms with E-state index in [2.05, 4.69) is 20.6 Å². The first-order chi connectivity index (χ1) is 9.78. The van der Waals surface area contributed by atoms with Gasteiger partial charge in [0, 0.05) is 25.4 Å². The predicted molar refractivity (Wildman–Crippen MR) is 77.1 cm³/mol. The van der Waals surface area contributed by atoms with Gasteiger partial charge in [-0.3, -0.25) is 4.98 Å². The summed E-state index contributed by atoms with van der Waals surface area (Å²) in [6.07, 6.45) is 3.51. The quantitative estimate of drug-likeness (QED) is 0.729. The fourth-order valence-electron chi connectivity index (χ4n) is 2.33. The van der Waals surface area contributed by atoms with E-state index < -0.39 is 0 Å². The van der Waals surface area contributed by atoms with E-state index in [9.17, 15) is 0 Å². The number of nitriles is 1. The predicted octanol–water partition coefficient (Wildman–Crippen LogP) is 2.63. The molecule has 0 bridgehead atoms. The summed E-state index contributed by atoms with van der Waals surface area (Å²) in [5.74, 6) is 1.01. The molecule has 0 aliphatic rings. The van der Waals surface area contributed by atoms with Gasteiger partial charge in [-0.05, 0) is 36.8 Å². The number of fused-ring (bicyclic) bond motifs is 1. The summed E-state index contributed by atoms with van der Waals surface area (Å²) in [7, 11) is 2.01. The van der Waals surface area contributed by atoms with E-state index in [1.165, 1.54) is 0 Å². The van der Waals surface area contributed by atoms with E-state index in [-0.39, 0.29) is 0 Å². The number of rotatable bonds is 3. The molecule has 0 unspecified atom stereocenters. The number of benzene rings is 1. The van der Waals surface area contributed by atoms with Crippen LogP contribution in [0.2, 0.25) is 0 Å². The van der Waals surface area contributed by atoms with Crippen LogP contribution in [0, 0.1) is 11.3 Å². The Morgan fingerprint density at radius 1 is 1.20 bits per heavy atom. The maximum absolute atomic E-state index is 8.93.